The highest BCUT2D eigenvalue weighted by atomic mass is 32.1. The number of aryl methyl sites for hydroxylation is 4. The van der Waals surface area contributed by atoms with Crippen LogP contribution in [0.15, 0.2) is 36.4 Å². The number of carboxylic acids is 1. The molecule has 156 valence electrons. The third-order valence-corrected chi connectivity index (χ3v) is 6.79. The second-order valence-electron chi connectivity index (χ2n) is 7.38. The van der Waals surface area contributed by atoms with Crippen LogP contribution in [-0.4, -0.2) is 17.4 Å². The topological polar surface area (TPSA) is 54.4 Å². The quantitative estimate of drug-likeness (QED) is 0.406. The average Bonchev–Trinajstić information content (AvgIpc) is 3.26. The molecule has 3 rings (SSSR count). The Morgan fingerprint density at radius 2 is 1.33 bits per heavy atom. The Labute approximate surface area is 182 Å². The fourth-order valence-corrected chi connectivity index (χ4v) is 5.22. The third-order valence-electron chi connectivity index (χ3n) is 5.64. The monoisotopic (exact) mass is 420 g/mol. The molecule has 0 unspecified atom stereocenters. The summed E-state index contributed by atoms with van der Waals surface area (Å²) in [7, 11) is 0. The van der Waals surface area contributed by atoms with Gasteiger partial charge in [0.25, 0.3) is 0 Å². The summed E-state index contributed by atoms with van der Waals surface area (Å²) in [5, 5.41) is 9.66. The van der Waals surface area contributed by atoms with E-state index in [1.165, 1.54) is 21.6 Å². The summed E-state index contributed by atoms with van der Waals surface area (Å²) in [6.07, 6.45) is 4.03. The van der Waals surface area contributed by atoms with Gasteiger partial charge < -0.3 is 5.11 Å². The first-order valence-electron chi connectivity index (χ1n) is 10.6. The second-order valence-corrected chi connectivity index (χ2v) is 8.47. The summed E-state index contributed by atoms with van der Waals surface area (Å²) < 4.78 is 0. The number of aldehydes is 1. The van der Waals surface area contributed by atoms with E-state index < -0.39 is 5.97 Å². The van der Waals surface area contributed by atoms with E-state index in [-0.39, 0.29) is 0 Å². The van der Waals surface area contributed by atoms with Crippen LogP contribution in [0.5, 0.6) is 0 Å². The van der Waals surface area contributed by atoms with Crippen molar-refractivity contribution >= 4 is 23.6 Å². The zero-order valence-corrected chi connectivity index (χ0v) is 18.9. The van der Waals surface area contributed by atoms with Gasteiger partial charge >= 0.3 is 5.97 Å². The molecule has 0 spiro atoms. The van der Waals surface area contributed by atoms with Gasteiger partial charge in [0.05, 0.1) is 5.56 Å². The Morgan fingerprint density at radius 3 is 1.77 bits per heavy atom. The summed E-state index contributed by atoms with van der Waals surface area (Å²) in [6, 6.07) is 12.3. The van der Waals surface area contributed by atoms with Crippen LogP contribution in [0.1, 0.15) is 70.7 Å². The molecule has 0 aliphatic heterocycles. The van der Waals surface area contributed by atoms with Gasteiger partial charge in [-0.1, -0.05) is 27.7 Å². The van der Waals surface area contributed by atoms with Crippen molar-refractivity contribution < 1.29 is 14.7 Å². The van der Waals surface area contributed by atoms with E-state index >= 15 is 0 Å². The molecule has 0 saturated heterocycles. The van der Waals surface area contributed by atoms with E-state index in [1.54, 1.807) is 11.3 Å². The first kappa shape index (κ1) is 22.0. The van der Waals surface area contributed by atoms with E-state index in [2.05, 4.69) is 26.0 Å². The van der Waals surface area contributed by atoms with Gasteiger partial charge in [0.15, 0.2) is 0 Å². The number of aromatic carboxylic acids is 1. The minimum Gasteiger partial charge on any atom is -0.478 e. The first-order chi connectivity index (χ1) is 14.5. The van der Waals surface area contributed by atoms with Crippen LogP contribution in [0.4, 0.5) is 0 Å². The smallest absolute Gasteiger partial charge is 0.336 e. The number of rotatable bonds is 8. The Hall–Kier alpha value is -2.72. The lowest BCUT2D eigenvalue weighted by Crippen LogP contribution is -2.07. The van der Waals surface area contributed by atoms with Crippen LogP contribution in [0, 0.1) is 0 Å². The summed E-state index contributed by atoms with van der Waals surface area (Å²) in [5.41, 5.74) is 7.63. The van der Waals surface area contributed by atoms with Gasteiger partial charge in [-0.15, -0.1) is 11.3 Å². The fourth-order valence-electron chi connectivity index (χ4n) is 4.11. The largest absolute Gasteiger partial charge is 0.478 e. The lowest BCUT2D eigenvalue weighted by atomic mass is 9.93. The Morgan fingerprint density at radius 1 is 0.833 bits per heavy atom. The molecule has 0 amide bonds. The van der Waals surface area contributed by atoms with Gasteiger partial charge in [-0.05, 0) is 95.5 Å². The SMILES string of the molecule is CCc1cc(-c2ccc(-c3c(CC)cc(C=O)cc3CC)s2)cc(CC)c1C(=O)O. The minimum absolute atomic E-state index is 0.450. The summed E-state index contributed by atoms with van der Waals surface area (Å²) in [6.45, 7) is 8.24. The van der Waals surface area contributed by atoms with Crippen LogP contribution in [-0.2, 0) is 25.7 Å². The molecule has 3 aromatic rings. The zero-order valence-electron chi connectivity index (χ0n) is 18.0. The highest BCUT2D eigenvalue weighted by Gasteiger charge is 2.18. The number of hydrogen-bond donors (Lipinski definition) is 1. The molecule has 2 aromatic carbocycles. The zero-order chi connectivity index (χ0) is 21.8. The predicted molar refractivity (Wildman–Crippen MR) is 125 cm³/mol. The second kappa shape index (κ2) is 9.40. The Balaban J connectivity index is 2.14. The van der Waals surface area contributed by atoms with Crippen LogP contribution < -0.4 is 0 Å². The highest BCUT2D eigenvalue weighted by Crippen LogP contribution is 2.39. The predicted octanol–water partition coefficient (Wildman–Crippen LogP) is 6.84. The first-order valence-corrected chi connectivity index (χ1v) is 11.4. The molecule has 1 aromatic heterocycles. The van der Waals surface area contributed by atoms with Crippen molar-refractivity contribution in [3.63, 3.8) is 0 Å². The number of carbonyl (C=O) groups excluding carboxylic acids is 1. The standard InChI is InChI=1S/C26H28O3S/c1-5-17-11-16(15-27)12-18(6-2)24(17)23-10-9-22(30-23)21-13-19(7-3)25(26(28)29)20(8-4)14-21/h9-15H,5-8H2,1-4H3,(H,28,29). The molecule has 0 radical (unpaired) electrons. The maximum Gasteiger partial charge on any atom is 0.336 e. The van der Waals surface area contributed by atoms with Crippen molar-refractivity contribution in [3.8, 4) is 20.9 Å². The molecule has 0 atom stereocenters. The van der Waals surface area contributed by atoms with Gasteiger partial charge in [-0.2, -0.15) is 0 Å². The molecule has 3 nitrogen and oxygen atoms in total. The van der Waals surface area contributed by atoms with E-state index in [0.29, 0.717) is 18.4 Å². The van der Waals surface area contributed by atoms with Gasteiger partial charge in [0.1, 0.15) is 6.29 Å². The number of thiophene rings is 1. The van der Waals surface area contributed by atoms with Crippen molar-refractivity contribution in [2.75, 3.05) is 0 Å². The normalized spacial score (nSPS) is 10.9. The Bertz CT molecular complexity index is 1040. The summed E-state index contributed by atoms with van der Waals surface area (Å²) in [5.74, 6) is -0.849. The number of carbonyl (C=O) groups is 2. The molecule has 0 aliphatic rings. The average molecular weight is 421 g/mol. The van der Waals surface area contributed by atoms with Crippen molar-refractivity contribution in [2.24, 2.45) is 0 Å². The molecular formula is C26H28O3S. The molecular weight excluding hydrogens is 392 g/mol. The van der Waals surface area contributed by atoms with Crippen LogP contribution >= 0.6 is 11.3 Å². The van der Waals surface area contributed by atoms with Crippen molar-refractivity contribution in [2.45, 2.75) is 53.4 Å². The Kier molecular flexibility index (Phi) is 6.88. The van der Waals surface area contributed by atoms with E-state index in [0.717, 1.165) is 46.3 Å². The lowest BCUT2D eigenvalue weighted by Gasteiger charge is -2.13. The maximum absolute atomic E-state index is 11.8. The highest BCUT2D eigenvalue weighted by molar-refractivity contribution is 7.18. The summed E-state index contributed by atoms with van der Waals surface area (Å²) >= 11 is 1.73. The molecule has 0 bridgehead atoms. The van der Waals surface area contributed by atoms with Crippen LogP contribution in [0.25, 0.3) is 20.9 Å². The van der Waals surface area contributed by atoms with Gasteiger partial charge in [0.2, 0.25) is 0 Å². The number of hydrogen-bond acceptors (Lipinski definition) is 3. The van der Waals surface area contributed by atoms with Crippen LogP contribution in [0.3, 0.4) is 0 Å². The van der Waals surface area contributed by atoms with Gasteiger partial charge in [0, 0.05) is 15.3 Å². The lowest BCUT2D eigenvalue weighted by molar-refractivity contribution is 0.0694. The van der Waals surface area contributed by atoms with Gasteiger partial charge in [-0.3, -0.25) is 4.79 Å². The van der Waals surface area contributed by atoms with E-state index in [9.17, 15) is 14.7 Å². The van der Waals surface area contributed by atoms with Crippen molar-refractivity contribution in [1.29, 1.82) is 0 Å². The van der Waals surface area contributed by atoms with E-state index in [4.69, 9.17) is 0 Å². The van der Waals surface area contributed by atoms with Gasteiger partial charge in [-0.25, -0.2) is 4.79 Å². The van der Waals surface area contributed by atoms with Crippen molar-refractivity contribution in [1.82, 2.24) is 0 Å². The molecule has 1 heterocycles. The molecule has 0 aliphatic carbocycles. The fraction of sp³-hybridized carbons (Fsp3) is 0.308. The molecule has 30 heavy (non-hydrogen) atoms. The van der Waals surface area contributed by atoms with Crippen LogP contribution in [0.2, 0.25) is 0 Å². The minimum atomic E-state index is -0.849. The van der Waals surface area contributed by atoms with E-state index in [1.807, 2.05) is 38.1 Å². The number of carboxylic acid groups (broad SMARTS) is 1. The molecule has 0 fully saturated rings. The molecule has 1 N–H and O–H groups in total. The third kappa shape index (κ3) is 4.10. The summed E-state index contributed by atoms with van der Waals surface area (Å²) in [4.78, 5) is 25.4. The number of benzene rings is 2. The van der Waals surface area contributed by atoms with Crippen molar-refractivity contribution in [3.05, 3.63) is 69.8 Å². The maximum atomic E-state index is 11.8. The molecule has 4 heteroatoms. The molecule has 0 saturated carbocycles.